The van der Waals surface area contributed by atoms with Crippen molar-refractivity contribution >= 4 is 29.6 Å². The van der Waals surface area contributed by atoms with Crippen molar-refractivity contribution in [3.05, 3.63) is 34.0 Å². The minimum absolute atomic E-state index is 0.342. The topological polar surface area (TPSA) is 88.0 Å². The van der Waals surface area contributed by atoms with Gasteiger partial charge < -0.3 is 15.0 Å². The van der Waals surface area contributed by atoms with Gasteiger partial charge in [0.05, 0.1) is 0 Å². The highest BCUT2D eigenvalue weighted by Crippen LogP contribution is 2.23. The van der Waals surface area contributed by atoms with Gasteiger partial charge in [0.2, 0.25) is 0 Å². The second kappa shape index (κ2) is 9.66. The molecule has 2 aliphatic rings. The van der Waals surface area contributed by atoms with Crippen LogP contribution in [0.3, 0.4) is 0 Å². The molecular formula is C17H27ClN4O4S. The van der Waals surface area contributed by atoms with Crippen LogP contribution in [0.5, 0.6) is 0 Å². The number of ether oxygens (including phenoxy) is 1. The van der Waals surface area contributed by atoms with Crippen molar-refractivity contribution in [3.8, 4) is 0 Å². The predicted octanol–water partition coefficient (Wildman–Crippen LogP) is 2.48. The van der Waals surface area contributed by atoms with Crippen molar-refractivity contribution in [2.45, 2.75) is 37.8 Å². The number of rotatable bonds is 6. The molecule has 1 aliphatic carbocycles. The molecule has 8 nitrogen and oxygen atoms in total. The molecule has 0 aromatic heterocycles. The number of nitrogens with zero attached hydrogens (tertiary/aromatic N) is 3. The first-order valence-electron chi connectivity index (χ1n) is 8.93. The van der Waals surface area contributed by atoms with E-state index in [4.69, 9.17) is 16.3 Å². The largest absolute Gasteiger partial charge is 0.444 e. The molecule has 1 amide bonds. The molecular weight excluding hydrogens is 392 g/mol. The summed E-state index contributed by atoms with van der Waals surface area (Å²) in [7, 11) is 0. The number of carbonyl (C=O) groups is 1. The number of hydrogen-bond donors (Lipinski definition) is 1. The van der Waals surface area contributed by atoms with Crippen LogP contribution in [0.15, 0.2) is 23.9 Å². The van der Waals surface area contributed by atoms with Gasteiger partial charge in [-0.2, -0.15) is 0 Å². The summed E-state index contributed by atoms with van der Waals surface area (Å²) in [6.45, 7) is 9.30. The Morgan fingerprint density at radius 2 is 2.07 bits per heavy atom. The number of halogens is 1. The lowest BCUT2D eigenvalue weighted by atomic mass is 10.1. The summed E-state index contributed by atoms with van der Waals surface area (Å²) in [6, 6.07) is -0.877. The van der Waals surface area contributed by atoms with E-state index < -0.39 is 23.1 Å². The molecule has 2 atom stereocenters. The SMILES string of the molecule is CC(C)(C)OC(=O)NCCSN1CCN(C2=CC([N+](=O)[O-])C(Cl)C=C2)CC1. The molecule has 1 heterocycles. The molecule has 152 valence electrons. The van der Waals surface area contributed by atoms with Gasteiger partial charge in [0.1, 0.15) is 11.0 Å². The van der Waals surface area contributed by atoms with Gasteiger partial charge in [0.25, 0.3) is 6.04 Å². The molecule has 10 heteroatoms. The highest BCUT2D eigenvalue weighted by molar-refractivity contribution is 7.97. The van der Waals surface area contributed by atoms with Gasteiger partial charge in [0, 0.05) is 55.2 Å². The second-order valence-corrected chi connectivity index (χ2v) is 9.04. The Labute approximate surface area is 169 Å². The summed E-state index contributed by atoms with van der Waals surface area (Å²) in [5, 5.41) is 13.2. The summed E-state index contributed by atoms with van der Waals surface area (Å²) < 4.78 is 7.44. The van der Waals surface area contributed by atoms with Gasteiger partial charge in [-0.1, -0.05) is 18.0 Å². The van der Waals surface area contributed by atoms with E-state index in [1.165, 1.54) is 0 Å². The van der Waals surface area contributed by atoms with Crippen LogP contribution in [0, 0.1) is 10.1 Å². The van der Waals surface area contributed by atoms with Gasteiger partial charge in [-0.3, -0.25) is 10.1 Å². The first kappa shape index (κ1) is 21.8. The fourth-order valence-electron chi connectivity index (χ4n) is 2.73. The first-order chi connectivity index (χ1) is 12.7. The van der Waals surface area contributed by atoms with Crippen molar-refractivity contribution in [2.24, 2.45) is 0 Å². The molecule has 0 bridgehead atoms. The molecule has 0 radical (unpaired) electrons. The van der Waals surface area contributed by atoms with Gasteiger partial charge in [-0.05, 0) is 26.8 Å². The molecule has 2 rings (SSSR count). The summed E-state index contributed by atoms with van der Waals surface area (Å²) in [5.41, 5.74) is 0.373. The van der Waals surface area contributed by atoms with Crippen LogP contribution in [0.2, 0.25) is 0 Å². The molecule has 0 saturated carbocycles. The third-order valence-electron chi connectivity index (χ3n) is 4.01. The highest BCUT2D eigenvalue weighted by Gasteiger charge is 2.30. The minimum Gasteiger partial charge on any atom is -0.444 e. The molecule has 0 aromatic carbocycles. The van der Waals surface area contributed by atoms with E-state index in [2.05, 4.69) is 14.5 Å². The molecule has 2 unspecified atom stereocenters. The van der Waals surface area contributed by atoms with E-state index in [0.29, 0.717) is 6.54 Å². The van der Waals surface area contributed by atoms with Crippen LogP contribution >= 0.6 is 23.5 Å². The zero-order valence-electron chi connectivity index (χ0n) is 15.9. The standard InChI is InChI=1S/C17H27ClN4O4S/c1-17(2,3)26-16(23)19-6-11-27-21-9-7-20(8-10-21)13-4-5-14(18)15(12-13)22(24)25/h4-5,12,14-15H,6-11H2,1-3H3,(H,19,23). The van der Waals surface area contributed by atoms with Gasteiger partial charge in [-0.25, -0.2) is 9.10 Å². The van der Waals surface area contributed by atoms with Gasteiger partial charge in [0.15, 0.2) is 0 Å². The number of amides is 1. The summed E-state index contributed by atoms with van der Waals surface area (Å²) in [6.07, 6.45) is 4.80. The molecule has 0 aromatic rings. The van der Waals surface area contributed by atoms with Gasteiger partial charge >= 0.3 is 6.09 Å². The Balaban J connectivity index is 1.69. The van der Waals surface area contributed by atoms with E-state index in [9.17, 15) is 14.9 Å². The summed E-state index contributed by atoms with van der Waals surface area (Å²) in [4.78, 5) is 24.5. The average Bonchev–Trinajstić information content (AvgIpc) is 2.58. The van der Waals surface area contributed by atoms with Crippen LogP contribution < -0.4 is 5.32 Å². The molecule has 27 heavy (non-hydrogen) atoms. The molecule has 1 fully saturated rings. The van der Waals surface area contributed by atoms with Crippen LogP contribution in [-0.2, 0) is 4.74 Å². The second-order valence-electron chi connectivity index (χ2n) is 7.35. The first-order valence-corrected chi connectivity index (χ1v) is 10.3. The average molecular weight is 419 g/mol. The quantitative estimate of drug-likeness (QED) is 0.233. The fourth-order valence-corrected chi connectivity index (χ4v) is 3.84. The van der Waals surface area contributed by atoms with E-state index >= 15 is 0 Å². The molecule has 0 spiro atoms. The maximum absolute atomic E-state index is 11.6. The zero-order valence-corrected chi connectivity index (χ0v) is 17.5. The minimum atomic E-state index is -0.877. The van der Waals surface area contributed by atoms with Crippen molar-refractivity contribution < 1.29 is 14.5 Å². The number of nitro groups is 1. The maximum Gasteiger partial charge on any atom is 0.407 e. The van der Waals surface area contributed by atoms with Gasteiger partial charge in [-0.15, -0.1) is 11.6 Å². The lowest BCUT2D eigenvalue weighted by molar-refractivity contribution is -0.507. The summed E-state index contributed by atoms with van der Waals surface area (Å²) in [5.74, 6) is 0.763. The number of alkyl carbamates (subject to hydrolysis) is 1. The molecule has 1 aliphatic heterocycles. The number of allylic oxidation sites excluding steroid dienone is 1. The lowest BCUT2D eigenvalue weighted by Gasteiger charge is -2.36. The number of carbonyl (C=O) groups excluding carboxylic acids is 1. The Kier molecular flexibility index (Phi) is 7.81. The van der Waals surface area contributed by atoms with Crippen LogP contribution in [0.25, 0.3) is 0 Å². The Morgan fingerprint density at radius 3 is 2.67 bits per heavy atom. The third-order valence-corrected chi connectivity index (χ3v) is 5.53. The van der Waals surface area contributed by atoms with Crippen LogP contribution in [-0.4, -0.2) is 75.7 Å². The Morgan fingerprint density at radius 1 is 1.41 bits per heavy atom. The van der Waals surface area contributed by atoms with E-state index in [1.807, 2.05) is 26.8 Å². The van der Waals surface area contributed by atoms with Crippen molar-refractivity contribution in [3.63, 3.8) is 0 Å². The third kappa shape index (κ3) is 7.23. The number of piperazine rings is 1. The zero-order chi connectivity index (χ0) is 20.0. The predicted molar refractivity (Wildman–Crippen MR) is 107 cm³/mol. The fraction of sp³-hybridized carbons (Fsp3) is 0.706. The number of hydrogen-bond acceptors (Lipinski definition) is 7. The summed E-state index contributed by atoms with van der Waals surface area (Å²) >= 11 is 7.67. The monoisotopic (exact) mass is 418 g/mol. The van der Waals surface area contributed by atoms with Crippen molar-refractivity contribution in [1.29, 1.82) is 0 Å². The van der Waals surface area contributed by atoms with E-state index in [0.717, 1.165) is 37.6 Å². The number of alkyl halides is 1. The van der Waals surface area contributed by atoms with Crippen LogP contribution in [0.4, 0.5) is 4.79 Å². The van der Waals surface area contributed by atoms with Crippen LogP contribution in [0.1, 0.15) is 20.8 Å². The lowest BCUT2D eigenvalue weighted by Crippen LogP contribution is -2.44. The van der Waals surface area contributed by atoms with E-state index in [1.54, 1.807) is 24.1 Å². The smallest absolute Gasteiger partial charge is 0.407 e. The highest BCUT2D eigenvalue weighted by atomic mass is 35.5. The Bertz CT molecular complexity index is 600. The molecule has 1 N–H and O–H groups in total. The number of nitrogens with one attached hydrogen (secondary N) is 1. The van der Waals surface area contributed by atoms with Crippen molar-refractivity contribution in [1.82, 2.24) is 14.5 Å². The Hall–Kier alpha value is -1.45. The maximum atomic E-state index is 11.6. The normalized spacial score (nSPS) is 23.7. The van der Waals surface area contributed by atoms with E-state index in [-0.39, 0.29) is 4.92 Å². The molecule has 1 saturated heterocycles. The van der Waals surface area contributed by atoms with Crippen molar-refractivity contribution in [2.75, 3.05) is 38.5 Å².